The van der Waals surface area contributed by atoms with Gasteiger partial charge in [-0.25, -0.2) is 0 Å². The molecule has 0 aliphatic carbocycles. The Balaban J connectivity index is 2.91. The first-order valence-electron chi connectivity index (χ1n) is 3.15. The Bertz CT molecular complexity index is 94.7. The van der Waals surface area contributed by atoms with Crippen molar-refractivity contribution in [1.82, 2.24) is 0 Å². The molecule has 0 fully saturated rings. The van der Waals surface area contributed by atoms with E-state index in [0.29, 0.717) is 5.03 Å². The molecule has 1 radical (unpaired) electrons. The lowest BCUT2D eigenvalue weighted by molar-refractivity contribution is 0.757. The predicted molar refractivity (Wildman–Crippen MR) is 42.3 cm³/mol. The lowest BCUT2D eigenvalue weighted by atomic mass is 10.2. The van der Waals surface area contributed by atoms with E-state index in [1.165, 1.54) is 0 Å². The molecule has 0 unspecified atom stereocenters. The highest BCUT2D eigenvalue weighted by Crippen LogP contribution is 2.09. The fourth-order valence-corrected chi connectivity index (χ4v) is 0.716. The largest absolute Gasteiger partial charge is 0.103 e. The van der Waals surface area contributed by atoms with Gasteiger partial charge in [-0.3, -0.25) is 0 Å². The molecule has 0 aromatic rings. The zero-order valence-corrected chi connectivity index (χ0v) is 6.32. The summed E-state index contributed by atoms with van der Waals surface area (Å²) >= 11 is 5.43. The van der Waals surface area contributed by atoms with E-state index in [4.69, 9.17) is 18.2 Å². The molecule has 51 valence electrons. The van der Waals surface area contributed by atoms with Gasteiger partial charge in [-0.1, -0.05) is 17.7 Å². The zero-order valence-electron chi connectivity index (χ0n) is 5.57. The van der Waals surface area contributed by atoms with Gasteiger partial charge in [0.1, 0.15) is 0 Å². The molecule has 0 heterocycles. The summed E-state index contributed by atoms with van der Waals surface area (Å²) in [5.41, 5.74) is 0. The Labute approximate surface area is 62.2 Å². The van der Waals surface area contributed by atoms with Crippen molar-refractivity contribution < 1.29 is 0 Å². The molecule has 9 heavy (non-hydrogen) atoms. The number of rotatable bonds is 5. The van der Waals surface area contributed by atoms with Gasteiger partial charge in [-0.2, -0.15) is 0 Å². The van der Waals surface area contributed by atoms with Crippen LogP contribution in [0.25, 0.3) is 0 Å². The van der Waals surface area contributed by atoms with E-state index in [1.54, 1.807) is 0 Å². The average molecular weight is 144 g/mol. The van der Waals surface area contributed by atoms with Crippen LogP contribution in [-0.2, 0) is 0 Å². The van der Waals surface area contributed by atoms with Crippen LogP contribution in [0.15, 0.2) is 17.7 Å². The SMILES string of the molecule is [CH]=C(Cl)CCCCC=C. The van der Waals surface area contributed by atoms with Crippen molar-refractivity contribution >= 4 is 11.6 Å². The van der Waals surface area contributed by atoms with Crippen LogP contribution in [0.1, 0.15) is 25.7 Å². The quantitative estimate of drug-likeness (QED) is 0.409. The molecule has 0 bridgehead atoms. The van der Waals surface area contributed by atoms with E-state index in [-0.39, 0.29) is 0 Å². The smallest absolute Gasteiger partial charge is 0.0181 e. The second-order valence-electron chi connectivity index (χ2n) is 1.98. The summed E-state index contributed by atoms with van der Waals surface area (Å²) < 4.78 is 0. The van der Waals surface area contributed by atoms with Gasteiger partial charge in [0.25, 0.3) is 0 Å². The van der Waals surface area contributed by atoms with Crippen LogP contribution in [0.5, 0.6) is 0 Å². The van der Waals surface area contributed by atoms with Gasteiger partial charge in [-0.05, 0) is 32.3 Å². The van der Waals surface area contributed by atoms with Crippen LogP contribution < -0.4 is 0 Å². The van der Waals surface area contributed by atoms with Gasteiger partial charge < -0.3 is 0 Å². The first-order valence-corrected chi connectivity index (χ1v) is 3.53. The molecule has 0 aliphatic rings. The van der Waals surface area contributed by atoms with E-state index in [0.717, 1.165) is 25.7 Å². The van der Waals surface area contributed by atoms with Crippen molar-refractivity contribution in [3.63, 3.8) is 0 Å². The summed E-state index contributed by atoms with van der Waals surface area (Å²) in [5.74, 6) is 0. The molecule has 0 saturated heterocycles. The Morgan fingerprint density at radius 1 is 1.56 bits per heavy atom. The third-order valence-corrected chi connectivity index (χ3v) is 1.26. The Morgan fingerprint density at radius 3 is 2.67 bits per heavy atom. The van der Waals surface area contributed by atoms with Crippen molar-refractivity contribution in [2.45, 2.75) is 25.7 Å². The molecule has 0 N–H and O–H groups in total. The molecule has 0 aromatic heterocycles. The molecule has 0 saturated carbocycles. The van der Waals surface area contributed by atoms with E-state index in [1.807, 2.05) is 6.08 Å². The van der Waals surface area contributed by atoms with Crippen molar-refractivity contribution in [3.05, 3.63) is 24.3 Å². The molecule has 0 rings (SSSR count). The maximum absolute atomic E-state index is 5.43. The molecule has 0 aliphatic heterocycles. The summed E-state index contributed by atoms with van der Waals surface area (Å²) in [6.07, 6.45) is 6.00. The lowest BCUT2D eigenvalue weighted by Gasteiger charge is -1.93. The van der Waals surface area contributed by atoms with Crippen LogP contribution in [0, 0.1) is 6.58 Å². The average Bonchev–Trinajstić information content (AvgIpc) is 1.80. The molecule has 1 heteroatoms. The molecular weight excluding hydrogens is 132 g/mol. The molecule has 0 atom stereocenters. The van der Waals surface area contributed by atoms with Gasteiger partial charge in [0.15, 0.2) is 0 Å². The van der Waals surface area contributed by atoms with E-state index in [9.17, 15) is 0 Å². The molecule has 0 nitrogen and oxygen atoms in total. The maximum atomic E-state index is 5.43. The third-order valence-electron chi connectivity index (χ3n) is 1.07. The first kappa shape index (κ1) is 8.77. The van der Waals surface area contributed by atoms with Crippen molar-refractivity contribution in [1.29, 1.82) is 0 Å². The third kappa shape index (κ3) is 7.77. The maximum Gasteiger partial charge on any atom is 0.0181 e. The minimum atomic E-state index is 0.513. The first-order chi connectivity index (χ1) is 4.27. The minimum Gasteiger partial charge on any atom is -0.103 e. The van der Waals surface area contributed by atoms with Gasteiger partial charge >= 0.3 is 0 Å². The molecule has 0 aromatic carbocycles. The molecule has 0 amide bonds. The summed E-state index contributed by atoms with van der Waals surface area (Å²) in [7, 11) is 0. The number of unbranched alkanes of at least 4 members (excludes halogenated alkanes) is 2. The van der Waals surface area contributed by atoms with Gasteiger partial charge in [0.2, 0.25) is 0 Å². The fourth-order valence-electron chi connectivity index (χ4n) is 0.583. The second-order valence-corrected chi connectivity index (χ2v) is 2.47. The summed E-state index contributed by atoms with van der Waals surface area (Å²) in [6, 6.07) is 0. The van der Waals surface area contributed by atoms with Crippen LogP contribution in [0.3, 0.4) is 0 Å². The normalized spacial score (nSPS) is 9.00. The highest BCUT2D eigenvalue weighted by molar-refractivity contribution is 6.28. The highest BCUT2D eigenvalue weighted by atomic mass is 35.5. The molecule has 0 spiro atoms. The number of allylic oxidation sites excluding steroid dienone is 2. The van der Waals surface area contributed by atoms with Crippen molar-refractivity contribution in [3.8, 4) is 0 Å². The fraction of sp³-hybridized carbons (Fsp3) is 0.500. The van der Waals surface area contributed by atoms with Crippen LogP contribution in [0.4, 0.5) is 0 Å². The predicted octanol–water partition coefficient (Wildman–Crippen LogP) is 3.29. The topological polar surface area (TPSA) is 0 Å². The standard InChI is InChI=1S/C8H12Cl/c1-3-4-5-6-7-8(2)9/h2-3H,1,4-7H2. The zero-order chi connectivity index (χ0) is 7.11. The lowest BCUT2D eigenvalue weighted by Crippen LogP contribution is -1.73. The molecular formula is C8H12Cl. The Kier molecular flexibility index (Phi) is 5.75. The van der Waals surface area contributed by atoms with Crippen LogP contribution in [-0.4, -0.2) is 0 Å². The van der Waals surface area contributed by atoms with E-state index >= 15 is 0 Å². The monoisotopic (exact) mass is 143 g/mol. The van der Waals surface area contributed by atoms with Gasteiger partial charge in [0, 0.05) is 5.03 Å². The highest BCUT2D eigenvalue weighted by Gasteiger charge is 1.87. The van der Waals surface area contributed by atoms with Crippen LogP contribution >= 0.6 is 11.6 Å². The summed E-state index contributed by atoms with van der Waals surface area (Å²) in [4.78, 5) is 0. The van der Waals surface area contributed by atoms with Gasteiger partial charge in [0.05, 0.1) is 0 Å². The number of hydrogen-bond donors (Lipinski definition) is 0. The number of halogens is 1. The second kappa shape index (κ2) is 5.90. The van der Waals surface area contributed by atoms with Crippen molar-refractivity contribution in [2.24, 2.45) is 0 Å². The Morgan fingerprint density at radius 2 is 2.22 bits per heavy atom. The van der Waals surface area contributed by atoms with E-state index in [2.05, 4.69) is 6.58 Å². The Hall–Kier alpha value is -0.230. The van der Waals surface area contributed by atoms with Crippen molar-refractivity contribution in [2.75, 3.05) is 0 Å². The van der Waals surface area contributed by atoms with Crippen LogP contribution in [0.2, 0.25) is 0 Å². The summed E-state index contributed by atoms with van der Waals surface area (Å²) in [5, 5.41) is 0.513. The number of hydrogen-bond acceptors (Lipinski definition) is 0. The van der Waals surface area contributed by atoms with E-state index < -0.39 is 0 Å². The minimum absolute atomic E-state index is 0.513. The summed E-state index contributed by atoms with van der Waals surface area (Å²) in [6.45, 7) is 8.84. The van der Waals surface area contributed by atoms with Gasteiger partial charge in [-0.15, -0.1) is 6.58 Å².